The molecule has 8 aromatic carbocycles. The zero-order chi connectivity index (χ0) is 110. The highest BCUT2D eigenvalue weighted by atomic mass is 79.9. The zero-order valence-corrected chi connectivity index (χ0v) is 97.6. The van der Waals surface area contributed by atoms with Gasteiger partial charge in [0.2, 0.25) is 0 Å². The van der Waals surface area contributed by atoms with Crippen LogP contribution in [0.2, 0.25) is 33.2 Å². The second kappa shape index (κ2) is 52.6. The van der Waals surface area contributed by atoms with Gasteiger partial charge in [0.1, 0.15) is 11.8 Å². The lowest BCUT2D eigenvalue weighted by Gasteiger charge is -2.36. The zero-order valence-electron chi connectivity index (χ0n) is 87.1. The Bertz CT molecular complexity index is 6040. The van der Waals surface area contributed by atoms with Gasteiger partial charge < -0.3 is 69.9 Å². The quantitative estimate of drug-likeness (QED) is 0.0346. The molecule has 5 aliphatic heterocycles. The van der Waals surface area contributed by atoms with Gasteiger partial charge in [0.25, 0.3) is 0 Å². The summed E-state index contributed by atoms with van der Waals surface area (Å²) < 4.78 is 244. The summed E-state index contributed by atoms with van der Waals surface area (Å²) in [5, 5.41) is 18.2. The van der Waals surface area contributed by atoms with E-state index in [-0.39, 0.29) is 66.1 Å². The van der Waals surface area contributed by atoms with Crippen LogP contribution in [0, 0.1) is 53.2 Å². The number of aryl methyl sites for hydroxylation is 2. The molecule has 0 aromatic heterocycles. The van der Waals surface area contributed by atoms with Gasteiger partial charge in [-0.25, -0.2) is 29.6 Å². The largest absolute Gasteiger partial charge is 0.494 e. The van der Waals surface area contributed by atoms with Crippen LogP contribution in [0.1, 0.15) is 200 Å². The number of alkyl halides is 6. The van der Waals surface area contributed by atoms with Crippen LogP contribution in [-0.4, -0.2) is 179 Å². The van der Waals surface area contributed by atoms with Crippen molar-refractivity contribution in [2.45, 2.75) is 288 Å². The topological polar surface area (TPSA) is 288 Å². The average molecular weight is 2370 g/mol. The first-order chi connectivity index (χ1) is 67.3. The van der Waals surface area contributed by atoms with Crippen molar-refractivity contribution in [2.75, 3.05) is 45.9 Å². The van der Waals surface area contributed by atoms with Crippen LogP contribution < -0.4 is 46.3 Å². The van der Waals surface area contributed by atoms with Crippen molar-refractivity contribution in [3.05, 3.63) is 208 Å². The fourth-order valence-electron chi connectivity index (χ4n) is 14.0. The van der Waals surface area contributed by atoms with Crippen LogP contribution in [0.5, 0.6) is 23.0 Å². The molecule has 0 bridgehead atoms. The fraction of sp³-hybridized carbons (Fsp3) is 0.505. The summed E-state index contributed by atoms with van der Waals surface area (Å²) in [6, 6.07) is 44.8. The Balaban J connectivity index is 0.000000227. The first-order valence-electron chi connectivity index (χ1n) is 46.9. The van der Waals surface area contributed by atoms with E-state index in [2.05, 4.69) is 130 Å². The van der Waals surface area contributed by atoms with Crippen molar-refractivity contribution < 1.29 is 126 Å². The van der Waals surface area contributed by atoms with E-state index in [1.54, 1.807) is 112 Å². The number of ether oxygens (including phenoxy) is 4. The highest BCUT2D eigenvalue weighted by Crippen LogP contribution is 2.43. The Hall–Kier alpha value is -6.29. The summed E-state index contributed by atoms with van der Waals surface area (Å²) in [5.74, 6) is -0.892. The molecule has 6 aliphatic rings. The minimum Gasteiger partial charge on any atom is -0.493 e. The van der Waals surface area contributed by atoms with Gasteiger partial charge in [-0.05, 0) is 296 Å². The van der Waals surface area contributed by atoms with Crippen molar-refractivity contribution in [1.29, 1.82) is 10.5 Å². The van der Waals surface area contributed by atoms with E-state index < -0.39 is 137 Å². The maximum Gasteiger partial charge on any atom is 0.494 e. The number of methoxy groups -OCH3 is 1. The van der Waals surface area contributed by atoms with E-state index in [1.165, 1.54) is 31.4 Å². The highest BCUT2D eigenvalue weighted by molar-refractivity contribution is 9.11. The number of hydrogen-bond donors (Lipinski definition) is 0. The van der Waals surface area contributed by atoms with Crippen molar-refractivity contribution in [2.24, 2.45) is 10.8 Å². The lowest BCUT2D eigenvalue weighted by molar-refractivity contribution is -0.0525. The van der Waals surface area contributed by atoms with Gasteiger partial charge in [-0.3, -0.25) is 0 Å². The standard InChI is InChI=1S/C15H25BrO3SSi.C14H19BF2O4.C14H19BF2O3.C13H16BF3O3.C13H16BNO2.C12H13BClNO2.C11H12BrClO2S.C9H10BrClO2S/c1-15(2,3)21(4,5)19-11-6-12-20(17,18)14-9-7-13(16)8-10-14;1-13(2)14(3,4)21-15(20-13)9-6-7-10(19-12(16)17)11(8-9)18-5;1-9-8-10(6-7-11(9)18-12(16)17)15-19-13(2,3)14(4,5)20-15;1-12(2)13(3,4)20-14(19-12)8-5-6-10(9(15)7-8)18-11(16)17;1-10-6-12(5-4-11(10)7-15)14-16-8-13(2,3)9-17-14;1-12(2)7-16-13(17-8-12)10-3-4-11(14)9(5-10)6-15;12-8-5-6-11(10(13)7-8)16(14,15)9-3-1-2-4-9;1-6(2)14(12,13)9-4-3-7(10)5-8(9)11/h7-10H,6,11-12H2,1-5H3;6-8,12H,1-5H3;6-8,12H,1-5H3;5-7,11H,1-4H3;4-6H,8-9H2,1-3H3;3-5H,7-8H2,1-2H3;5-7,9H,1-4H2;3-6H,1-2H3. The van der Waals surface area contributed by atoms with Gasteiger partial charge in [0.05, 0.1) is 104 Å². The molecule has 0 unspecified atom stereocenters. The molecule has 5 heterocycles. The summed E-state index contributed by atoms with van der Waals surface area (Å²) in [5.41, 5.74) is 3.68. The van der Waals surface area contributed by atoms with Crippen molar-refractivity contribution >= 4 is 183 Å². The molecule has 5 saturated heterocycles. The highest BCUT2D eigenvalue weighted by Gasteiger charge is 2.55. The van der Waals surface area contributed by atoms with Crippen LogP contribution in [0.4, 0.5) is 30.7 Å². The molecular weight excluding hydrogens is 2230 g/mol. The molecule has 0 radical (unpaired) electrons. The van der Waals surface area contributed by atoms with Gasteiger partial charge in [-0.2, -0.15) is 36.9 Å². The lowest BCUT2D eigenvalue weighted by Crippen LogP contribution is -2.47. The molecule has 0 spiro atoms. The van der Waals surface area contributed by atoms with Gasteiger partial charge in [-0.15, -0.1) is 0 Å². The van der Waals surface area contributed by atoms with E-state index in [9.17, 15) is 56.0 Å². The number of nitrogens with zero attached hydrogens (tertiary/aromatic N) is 2. The fourth-order valence-corrected chi connectivity index (χ4v) is 21.8. The van der Waals surface area contributed by atoms with Crippen molar-refractivity contribution in [3.8, 4) is 35.1 Å². The normalized spacial score (nSPS) is 17.9. The Morgan fingerprint density at radius 1 is 0.452 bits per heavy atom. The predicted molar refractivity (Wildman–Crippen MR) is 576 cm³/mol. The Morgan fingerprint density at radius 2 is 0.815 bits per heavy atom. The molecule has 8 aromatic rings. The average Bonchev–Trinajstić information content (AvgIpc) is 1.62. The minimum atomic E-state index is -3.28. The van der Waals surface area contributed by atoms with Crippen LogP contribution in [-0.2, 0) is 80.5 Å². The Morgan fingerprint density at radius 3 is 1.21 bits per heavy atom. The summed E-state index contributed by atoms with van der Waals surface area (Å²) in [6.45, 7) is 43.7. The van der Waals surface area contributed by atoms with E-state index in [0.717, 1.165) is 73.2 Å². The molecule has 0 amide bonds. The summed E-state index contributed by atoms with van der Waals surface area (Å²) in [4.78, 5) is 0.833. The third kappa shape index (κ3) is 35.6. The molecule has 0 atom stereocenters. The lowest BCUT2D eigenvalue weighted by atomic mass is 9.75. The monoisotopic (exact) mass is 2360 g/mol. The molecular formula is C101H130B5Br3Cl3F7N2O21S3Si. The number of rotatable bonds is 22. The molecule has 0 N–H and O–H groups in total. The van der Waals surface area contributed by atoms with Gasteiger partial charge in [0.15, 0.2) is 60.9 Å². The van der Waals surface area contributed by atoms with E-state index in [0.29, 0.717) is 82.0 Å². The van der Waals surface area contributed by atoms with Crippen LogP contribution >= 0.6 is 82.6 Å². The first-order valence-corrected chi connectivity index (χ1v) is 58.1. The van der Waals surface area contributed by atoms with Crippen molar-refractivity contribution in [1.82, 2.24) is 0 Å². The number of sulfone groups is 3. The molecule has 1 saturated carbocycles. The molecule has 6 fully saturated rings. The maximum absolute atomic E-state index is 13.7. The van der Waals surface area contributed by atoms with Crippen LogP contribution in [0.3, 0.4) is 0 Å². The molecule has 1 aliphatic carbocycles. The van der Waals surface area contributed by atoms with Crippen LogP contribution in [0.25, 0.3) is 0 Å². The van der Waals surface area contributed by atoms with Gasteiger partial charge >= 0.3 is 55.4 Å². The third-order valence-corrected chi connectivity index (χ3v) is 39.4. The molecule has 146 heavy (non-hydrogen) atoms. The number of benzene rings is 8. The number of nitriles is 2. The smallest absolute Gasteiger partial charge is 0.493 e. The van der Waals surface area contributed by atoms with Gasteiger partial charge in [0, 0.05) is 57.3 Å². The minimum absolute atomic E-state index is 0.0206. The van der Waals surface area contributed by atoms with Gasteiger partial charge in [-0.1, -0.05) is 186 Å². The summed E-state index contributed by atoms with van der Waals surface area (Å²) in [7, 11) is -12.6. The Labute approximate surface area is 900 Å². The first kappa shape index (κ1) is 127. The number of hydrogen-bond acceptors (Lipinski definition) is 23. The molecule has 14 rings (SSSR count). The van der Waals surface area contributed by atoms with Crippen molar-refractivity contribution in [3.63, 3.8) is 0 Å². The SMILES string of the molecule is CC(C)(C)[Si](C)(C)OCCCS(=O)(=O)c1ccc(Br)cc1.CC(C)S(=O)(=O)c1ccc(Br)cc1Cl.CC1(C)COB(c2ccc(Cl)c(C#N)c2)OC1.CC1(C)OB(c2ccc(OC(F)F)c(F)c2)OC1(C)C.COc1cc(B2OC(C)(C)C(C)(C)O2)ccc1OC(F)F.Cc1cc(B2OC(C)(C)C(C)(C)O2)ccc1OC(F)F.Cc1cc(B2OCC(C)(C)CO2)ccc1C#N.O=S(=O)(c1ccc(Br)cc1Cl)C1CCCC1. The summed E-state index contributed by atoms with van der Waals surface area (Å²) >= 11 is 27.5. The molecule has 45 heteroatoms. The predicted octanol–water partition coefficient (Wildman–Crippen LogP) is 23.6. The van der Waals surface area contributed by atoms with E-state index in [1.807, 2.05) is 120 Å². The van der Waals surface area contributed by atoms with Crippen LogP contribution in [0.15, 0.2) is 180 Å². The number of halogens is 13. The second-order valence-corrected chi connectivity index (χ2v) is 57.3. The van der Waals surface area contributed by atoms with E-state index >= 15 is 0 Å². The maximum atomic E-state index is 13.7. The Kier molecular flexibility index (Phi) is 45.6. The van der Waals surface area contributed by atoms with E-state index in [4.69, 9.17) is 101 Å². The molecule has 23 nitrogen and oxygen atoms in total. The summed E-state index contributed by atoms with van der Waals surface area (Å²) in [6.07, 6.45) is 4.05. The second-order valence-electron chi connectivity index (χ2n) is 41.7. The molecule has 798 valence electrons. The third-order valence-electron chi connectivity index (χ3n) is 25.9.